The Morgan fingerprint density at radius 1 is 1.12 bits per heavy atom. The first kappa shape index (κ1) is 18.7. The number of hydrogen-bond donors (Lipinski definition) is 1. The monoisotopic (exact) mass is 353 g/mol. The number of hydrogen-bond acceptors (Lipinski definition) is 2. The minimum Gasteiger partial charge on any atom is -0.378 e. The van der Waals surface area contributed by atoms with Crippen molar-refractivity contribution in [2.75, 3.05) is 32.8 Å². The summed E-state index contributed by atoms with van der Waals surface area (Å²) in [6, 6.07) is 15.2. The summed E-state index contributed by atoms with van der Waals surface area (Å²) >= 11 is 0. The topological polar surface area (TPSA) is 36.9 Å². The highest BCUT2D eigenvalue weighted by Crippen LogP contribution is 2.16. The van der Waals surface area contributed by atoms with Crippen LogP contribution in [0.25, 0.3) is 10.8 Å². The van der Waals surface area contributed by atoms with Crippen molar-refractivity contribution in [2.24, 2.45) is 4.99 Å². The first-order valence-corrected chi connectivity index (χ1v) is 9.92. The Morgan fingerprint density at radius 2 is 1.88 bits per heavy atom. The van der Waals surface area contributed by atoms with Crippen LogP contribution >= 0.6 is 0 Å². The van der Waals surface area contributed by atoms with E-state index in [9.17, 15) is 0 Å². The van der Waals surface area contributed by atoms with E-state index in [2.05, 4.69) is 66.5 Å². The Labute approximate surface area is 157 Å². The second-order valence-corrected chi connectivity index (χ2v) is 6.81. The Morgan fingerprint density at radius 3 is 2.62 bits per heavy atom. The van der Waals surface area contributed by atoms with Crippen LogP contribution in [0.2, 0.25) is 0 Å². The molecule has 0 unspecified atom stereocenters. The molecule has 0 aromatic heterocycles. The number of nitrogens with zero attached hydrogens (tertiary/aromatic N) is 2. The molecule has 0 atom stereocenters. The molecule has 0 bridgehead atoms. The molecular formula is C22H31N3O. The van der Waals surface area contributed by atoms with Crippen LogP contribution in [0.1, 0.15) is 32.3 Å². The number of fused-ring (bicyclic) bond motifs is 1. The molecule has 0 spiro atoms. The van der Waals surface area contributed by atoms with Crippen LogP contribution in [0.15, 0.2) is 47.5 Å². The Bertz CT molecular complexity index is 720. The van der Waals surface area contributed by atoms with Crippen LogP contribution in [0, 0.1) is 0 Å². The third-order valence-electron chi connectivity index (χ3n) is 4.95. The minimum atomic E-state index is 0.414. The van der Waals surface area contributed by atoms with Gasteiger partial charge >= 0.3 is 0 Å². The number of piperidine rings is 1. The zero-order valence-electron chi connectivity index (χ0n) is 16.1. The van der Waals surface area contributed by atoms with Gasteiger partial charge in [0.15, 0.2) is 5.96 Å². The van der Waals surface area contributed by atoms with E-state index in [0.717, 1.165) is 58.0 Å². The molecule has 3 rings (SSSR count). The lowest BCUT2D eigenvalue weighted by Crippen LogP contribution is -2.47. The number of aliphatic imine (C=N–C) groups is 1. The van der Waals surface area contributed by atoms with E-state index < -0.39 is 0 Å². The summed E-state index contributed by atoms with van der Waals surface area (Å²) < 4.78 is 5.76. The van der Waals surface area contributed by atoms with Gasteiger partial charge in [0.05, 0.1) is 6.10 Å². The van der Waals surface area contributed by atoms with Crippen molar-refractivity contribution in [3.05, 3.63) is 48.0 Å². The number of ether oxygens (including phenoxy) is 1. The maximum absolute atomic E-state index is 5.76. The molecule has 0 saturated carbocycles. The third-order valence-corrected chi connectivity index (χ3v) is 4.95. The summed E-state index contributed by atoms with van der Waals surface area (Å²) in [5, 5.41) is 6.05. The van der Waals surface area contributed by atoms with Gasteiger partial charge < -0.3 is 15.0 Å². The molecule has 1 aliphatic rings. The quantitative estimate of drug-likeness (QED) is 0.633. The first-order valence-electron chi connectivity index (χ1n) is 9.92. The molecule has 0 aliphatic carbocycles. The standard InChI is InChI=1S/C22H31N3O/c1-3-23-22(25-15-12-21(13-16-25)26-4-2)24-14-11-18-9-10-19-7-5-6-8-20(19)17-18/h5-10,17,21H,3-4,11-16H2,1-2H3,(H,23,24). The fourth-order valence-electron chi connectivity index (χ4n) is 3.58. The van der Waals surface area contributed by atoms with Gasteiger partial charge in [-0.25, -0.2) is 0 Å². The molecule has 4 nitrogen and oxygen atoms in total. The lowest BCUT2D eigenvalue weighted by atomic mass is 10.1. The Hall–Kier alpha value is -2.07. The minimum absolute atomic E-state index is 0.414. The average Bonchev–Trinajstić information content (AvgIpc) is 2.68. The zero-order chi connectivity index (χ0) is 18.2. The van der Waals surface area contributed by atoms with Crippen LogP contribution < -0.4 is 5.32 Å². The zero-order valence-corrected chi connectivity index (χ0v) is 16.1. The maximum atomic E-state index is 5.76. The molecule has 4 heteroatoms. The summed E-state index contributed by atoms with van der Waals surface area (Å²) in [6.07, 6.45) is 3.55. The third kappa shape index (κ3) is 4.98. The Balaban J connectivity index is 1.58. The van der Waals surface area contributed by atoms with E-state index in [-0.39, 0.29) is 0 Å². The van der Waals surface area contributed by atoms with Gasteiger partial charge in [-0.2, -0.15) is 0 Å². The number of likely N-dealkylation sites (tertiary alicyclic amines) is 1. The fraction of sp³-hybridized carbons (Fsp3) is 0.500. The molecule has 0 amide bonds. The largest absolute Gasteiger partial charge is 0.378 e. The van der Waals surface area contributed by atoms with Crippen molar-refractivity contribution in [3.8, 4) is 0 Å². The van der Waals surface area contributed by atoms with Crippen molar-refractivity contribution in [1.82, 2.24) is 10.2 Å². The van der Waals surface area contributed by atoms with Gasteiger partial charge in [0.25, 0.3) is 0 Å². The molecule has 1 N–H and O–H groups in total. The van der Waals surface area contributed by atoms with Gasteiger partial charge in [0.1, 0.15) is 0 Å². The van der Waals surface area contributed by atoms with E-state index in [0.29, 0.717) is 6.10 Å². The van der Waals surface area contributed by atoms with Crippen molar-refractivity contribution in [2.45, 2.75) is 39.2 Å². The van der Waals surface area contributed by atoms with E-state index >= 15 is 0 Å². The van der Waals surface area contributed by atoms with Gasteiger partial charge in [-0.3, -0.25) is 4.99 Å². The predicted molar refractivity (Wildman–Crippen MR) is 110 cm³/mol. The summed E-state index contributed by atoms with van der Waals surface area (Å²) in [6.45, 7) is 8.77. The number of guanidine groups is 1. The molecule has 2 aromatic carbocycles. The van der Waals surface area contributed by atoms with E-state index in [1.165, 1.54) is 16.3 Å². The van der Waals surface area contributed by atoms with Crippen LogP contribution in [0.4, 0.5) is 0 Å². The van der Waals surface area contributed by atoms with E-state index in [1.54, 1.807) is 0 Å². The van der Waals surface area contributed by atoms with Gasteiger partial charge in [0.2, 0.25) is 0 Å². The highest BCUT2D eigenvalue weighted by Gasteiger charge is 2.21. The first-order chi connectivity index (χ1) is 12.8. The van der Waals surface area contributed by atoms with Gasteiger partial charge in [-0.15, -0.1) is 0 Å². The van der Waals surface area contributed by atoms with Crippen molar-refractivity contribution in [3.63, 3.8) is 0 Å². The Kier molecular flexibility index (Phi) is 6.89. The highest BCUT2D eigenvalue weighted by molar-refractivity contribution is 5.83. The van der Waals surface area contributed by atoms with Crippen LogP contribution in [0.5, 0.6) is 0 Å². The predicted octanol–water partition coefficient (Wildman–Crippen LogP) is 3.85. The van der Waals surface area contributed by atoms with Gasteiger partial charge in [-0.05, 0) is 49.4 Å². The SMILES string of the molecule is CCNC(=NCCc1ccc2ccccc2c1)N1CCC(OCC)CC1. The second kappa shape index (κ2) is 9.58. The average molecular weight is 354 g/mol. The molecule has 0 radical (unpaired) electrons. The fourth-order valence-corrected chi connectivity index (χ4v) is 3.58. The van der Waals surface area contributed by atoms with Crippen molar-refractivity contribution in [1.29, 1.82) is 0 Å². The summed E-state index contributed by atoms with van der Waals surface area (Å²) in [5.74, 6) is 1.04. The molecule has 140 valence electrons. The van der Waals surface area contributed by atoms with Gasteiger partial charge in [-0.1, -0.05) is 42.5 Å². The number of rotatable bonds is 6. The molecule has 1 saturated heterocycles. The molecule has 1 fully saturated rings. The van der Waals surface area contributed by atoms with E-state index in [1.807, 2.05) is 0 Å². The lowest BCUT2D eigenvalue weighted by molar-refractivity contribution is 0.0264. The van der Waals surface area contributed by atoms with Gasteiger partial charge in [0, 0.05) is 32.8 Å². The molecule has 26 heavy (non-hydrogen) atoms. The van der Waals surface area contributed by atoms with Crippen LogP contribution in [0.3, 0.4) is 0 Å². The highest BCUT2D eigenvalue weighted by atomic mass is 16.5. The van der Waals surface area contributed by atoms with Crippen LogP contribution in [-0.4, -0.2) is 49.7 Å². The normalized spacial score (nSPS) is 16.2. The summed E-state index contributed by atoms with van der Waals surface area (Å²) in [7, 11) is 0. The maximum Gasteiger partial charge on any atom is 0.193 e. The van der Waals surface area contributed by atoms with Crippen LogP contribution in [-0.2, 0) is 11.2 Å². The van der Waals surface area contributed by atoms with Crippen molar-refractivity contribution >= 4 is 16.7 Å². The lowest BCUT2D eigenvalue weighted by Gasteiger charge is -2.34. The summed E-state index contributed by atoms with van der Waals surface area (Å²) in [4.78, 5) is 7.25. The second-order valence-electron chi connectivity index (χ2n) is 6.81. The van der Waals surface area contributed by atoms with E-state index in [4.69, 9.17) is 9.73 Å². The number of benzene rings is 2. The summed E-state index contributed by atoms with van der Waals surface area (Å²) in [5.41, 5.74) is 1.35. The van der Waals surface area contributed by atoms with Crippen molar-refractivity contribution < 1.29 is 4.74 Å². The number of nitrogens with one attached hydrogen (secondary N) is 1. The molecule has 2 aromatic rings. The molecule has 1 aliphatic heterocycles. The molecular weight excluding hydrogens is 322 g/mol. The molecule has 1 heterocycles. The smallest absolute Gasteiger partial charge is 0.193 e.